The van der Waals surface area contributed by atoms with Gasteiger partial charge in [0, 0.05) is 18.8 Å². The molecule has 0 aromatic heterocycles. The quantitative estimate of drug-likeness (QED) is 0.832. The van der Waals surface area contributed by atoms with Crippen molar-refractivity contribution in [2.45, 2.75) is 32.9 Å². The molecule has 5 heteroatoms. The maximum absolute atomic E-state index is 12.0. The van der Waals surface area contributed by atoms with Crippen LogP contribution in [0.5, 0.6) is 0 Å². The Kier molecular flexibility index (Phi) is 3.40. The lowest BCUT2D eigenvalue weighted by Gasteiger charge is -2.14. The van der Waals surface area contributed by atoms with Crippen molar-refractivity contribution in [3.05, 3.63) is 29.3 Å². The fourth-order valence-electron chi connectivity index (χ4n) is 2.04. The highest BCUT2D eigenvalue weighted by Crippen LogP contribution is 2.27. The number of nitrogens with two attached hydrogens (primary N) is 1. The molecule has 0 amide bonds. The first-order valence-corrected chi connectivity index (χ1v) is 7.49. The number of benzene rings is 1. The molecule has 1 aliphatic rings. The zero-order chi connectivity index (χ0) is 12.5. The molecule has 0 radical (unpaired) electrons. The predicted molar refractivity (Wildman–Crippen MR) is 68.8 cm³/mol. The number of nitrogen functional groups attached to an aromatic ring is 1. The summed E-state index contributed by atoms with van der Waals surface area (Å²) in [6, 6.07) is 5.60. The largest absolute Gasteiger partial charge is 0.399 e. The van der Waals surface area contributed by atoms with Crippen LogP contribution < -0.4 is 5.73 Å². The molecule has 0 bridgehead atoms. The number of fused-ring (bicyclic) bond motifs is 1. The number of rotatable bonds is 4. The van der Waals surface area contributed by atoms with E-state index in [9.17, 15) is 8.42 Å². The Hall–Kier alpha value is -1.07. The average Bonchev–Trinajstić information content (AvgIpc) is 2.70. The molecule has 94 valence electrons. The standard InChI is InChI=1S/C12H18N2O2S/c1-2-3-6-17(15,16)14-8-10-4-5-12(13)7-11(10)9-14/h4-5,7H,2-3,6,8-9,13H2,1H3. The van der Waals surface area contributed by atoms with Crippen LogP contribution in [0.2, 0.25) is 0 Å². The first kappa shape index (κ1) is 12.4. The van der Waals surface area contributed by atoms with Crippen molar-refractivity contribution in [1.82, 2.24) is 4.31 Å². The highest BCUT2D eigenvalue weighted by molar-refractivity contribution is 7.89. The molecule has 2 rings (SSSR count). The van der Waals surface area contributed by atoms with E-state index in [1.54, 1.807) is 4.31 Å². The van der Waals surface area contributed by atoms with Gasteiger partial charge < -0.3 is 5.73 Å². The van der Waals surface area contributed by atoms with Gasteiger partial charge in [-0.2, -0.15) is 4.31 Å². The van der Waals surface area contributed by atoms with E-state index in [1.165, 1.54) is 0 Å². The number of sulfonamides is 1. The highest BCUT2D eigenvalue weighted by atomic mass is 32.2. The maximum atomic E-state index is 12.0. The molecule has 0 atom stereocenters. The first-order valence-electron chi connectivity index (χ1n) is 5.88. The summed E-state index contributed by atoms with van der Waals surface area (Å²) in [6.07, 6.45) is 1.62. The molecule has 0 aliphatic carbocycles. The van der Waals surface area contributed by atoms with Gasteiger partial charge in [0.05, 0.1) is 5.75 Å². The van der Waals surface area contributed by atoms with Gasteiger partial charge in [-0.15, -0.1) is 0 Å². The lowest BCUT2D eigenvalue weighted by molar-refractivity contribution is 0.430. The molecular weight excluding hydrogens is 236 g/mol. The lowest BCUT2D eigenvalue weighted by Crippen LogP contribution is -2.28. The Bertz CT molecular complexity index is 511. The zero-order valence-electron chi connectivity index (χ0n) is 10.0. The summed E-state index contributed by atoms with van der Waals surface area (Å²) in [4.78, 5) is 0. The van der Waals surface area contributed by atoms with E-state index in [2.05, 4.69) is 0 Å². The molecule has 1 heterocycles. The van der Waals surface area contributed by atoms with Crippen LogP contribution >= 0.6 is 0 Å². The van der Waals surface area contributed by atoms with Gasteiger partial charge in [-0.3, -0.25) is 0 Å². The Morgan fingerprint density at radius 3 is 2.71 bits per heavy atom. The normalized spacial score (nSPS) is 16.1. The number of hydrogen-bond donors (Lipinski definition) is 1. The molecule has 2 N–H and O–H groups in total. The Morgan fingerprint density at radius 1 is 1.29 bits per heavy atom. The van der Waals surface area contributed by atoms with Gasteiger partial charge in [-0.1, -0.05) is 19.4 Å². The molecule has 1 aliphatic heterocycles. The third-order valence-corrected chi connectivity index (χ3v) is 4.92. The molecule has 1 aromatic rings. The average molecular weight is 254 g/mol. The van der Waals surface area contributed by atoms with Crippen molar-refractivity contribution >= 4 is 15.7 Å². The van der Waals surface area contributed by atoms with Crippen molar-refractivity contribution < 1.29 is 8.42 Å². The fourth-order valence-corrected chi connectivity index (χ4v) is 3.62. The van der Waals surface area contributed by atoms with Crippen LogP contribution in [0.3, 0.4) is 0 Å². The van der Waals surface area contributed by atoms with E-state index in [4.69, 9.17) is 5.73 Å². The summed E-state index contributed by atoms with van der Waals surface area (Å²) >= 11 is 0. The van der Waals surface area contributed by atoms with Crippen molar-refractivity contribution in [3.63, 3.8) is 0 Å². The minimum absolute atomic E-state index is 0.243. The monoisotopic (exact) mass is 254 g/mol. The van der Waals surface area contributed by atoms with E-state index in [0.717, 1.165) is 24.0 Å². The predicted octanol–water partition coefficient (Wildman–Crippen LogP) is 1.71. The third kappa shape index (κ3) is 2.61. The smallest absolute Gasteiger partial charge is 0.214 e. The minimum Gasteiger partial charge on any atom is -0.399 e. The van der Waals surface area contributed by atoms with E-state index in [0.29, 0.717) is 18.8 Å². The van der Waals surface area contributed by atoms with Gasteiger partial charge in [0.15, 0.2) is 0 Å². The lowest BCUT2D eigenvalue weighted by atomic mass is 10.1. The molecular formula is C12H18N2O2S. The molecule has 0 spiro atoms. The number of hydrogen-bond acceptors (Lipinski definition) is 3. The third-order valence-electron chi connectivity index (χ3n) is 3.07. The minimum atomic E-state index is -3.11. The summed E-state index contributed by atoms with van der Waals surface area (Å²) in [7, 11) is -3.11. The molecule has 17 heavy (non-hydrogen) atoms. The molecule has 0 saturated heterocycles. The molecule has 0 saturated carbocycles. The van der Waals surface area contributed by atoms with Gasteiger partial charge in [0.2, 0.25) is 10.0 Å². The van der Waals surface area contributed by atoms with Crippen LogP contribution in [-0.4, -0.2) is 18.5 Å². The van der Waals surface area contributed by atoms with Gasteiger partial charge in [0.25, 0.3) is 0 Å². The number of unbranched alkanes of at least 4 members (excludes halogenated alkanes) is 1. The first-order chi connectivity index (χ1) is 8.03. The SMILES string of the molecule is CCCCS(=O)(=O)N1Cc2ccc(N)cc2C1. The van der Waals surface area contributed by atoms with Crippen molar-refractivity contribution in [1.29, 1.82) is 0 Å². The van der Waals surface area contributed by atoms with E-state index in [-0.39, 0.29) is 5.75 Å². The fraction of sp³-hybridized carbons (Fsp3) is 0.500. The summed E-state index contributed by atoms with van der Waals surface area (Å²) in [6.45, 7) is 2.95. The summed E-state index contributed by atoms with van der Waals surface area (Å²) in [5.41, 5.74) is 8.49. The van der Waals surface area contributed by atoms with Crippen LogP contribution in [-0.2, 0) is 23.1 Å². The Balaban J connectivity index is 2.14. The summed E-state index contributed by atoms with van der Waals surface area (Å²) < 4.78 is 25.6. The van der Waals surface area contributed by atoms with Crippen LogP contribution in [0.25, 0.3) is 0 Å². The van der Waals surface area contributed by atoms with Gasteiger partial charge in [0.1, 0.15) is 0 Å². The van der Waals surface area contributed by atoms with Crippen LogP contribution in [0.1, 0.15) is 30.9 Å². The zero-order valence-corrected chi connectivity index (χ0v) is 10.8. The highest BCUT2D eigenvalue weighted by Gasteiger charge is 2.28. The topological polar surface area (TPSA) is 63.4 Å². The molecule has 1 aromatic carbocycles. The van der Waals surface area contributed by atoms with Gasteiger partial charge in [-0.25, -0.2) is 8.42 Å². The van der Waals surface area contributed by atoms with Crippen LogP contribution in [0, 0.1) is 0 Å². The van der Waals surface area contributed by atoms with Crippen molar-refractivity contribution in [3.8, 4) is 0 Å². The molecule has 0 unspecified atom stereocenters. The number of anilines is 1. The van der Waals surface area contributed by atoms with Gasteiger partial charge in [-0.05, 0) is 29.7 Å². The Labute approximate surface area is 102 Å². The van der Waals surface area contributed by atoms with Gasteiger partial charge >= 0.3 is 0 Å². The van der Waals surface area contributed by atoms with Crippen molar-refractivity contribution in [2.24, 2.45) is 0 Å². The summed E-state index contributed by atoms with van der Waals surface area (Å²) in [5, 5.41) is 0. The van der Waals surface area contributed by atoms with Crippen LogP contribution in [0.15, 0.2) is 18.2 Å². The van der Waals surface area contributed by atoms with E-state index >= 15 is 0 Å². The van der Waals surface area contributed by atoms with Crippen LogP contribution in [0.4, 0.5) is 5.69 Å². The Morgan fingerprint density at radius 2 is 2.00 bits per heavy atom. The molecule has 4 nitrogen and oxygen atoms in total. The second-order valence-corrected chi connectivity index (χ2v) is 6.55. The maximum Gasteiger partial charge on any atom is 0.214 e. The van der Waals surface area contributed by atoms with E-state index < -0.39 is 10.0 Å². The molecule has 0 fully saturated rings. The number of nitrogens with zero attached hydrogens (tertiary/aromatic N) is 1. The summed E-state index contributed by atoms with van der Waals surface area (Å²) in [5.74, 6) is 0.243. The second kappa shape index (κ2) is 4.66. The van der Waals surface area contributed by atoms with E-state index in [1.807, 2.05) is 25.1 Å². The second-order valence-electron chi connectivity index (χ2n) is 4.47. The van der Waals surface area contributed by atoms with Crippen molar-refractivity contribution in [2.75, 3.05) is 11.5 Å².